The summed E-state index contributed by atoms with van der Waals surface area (Å²) in [5.74, 6) is 3.77. The van der Waals surface area contributed by atoms with E-state index in [9.17, 15) is 0 Å². The molecule has 0 bridgehead atoms. The van der Waals surface area contributed by atoms with E-state index in [-0.39, 0.29) is 0 Å². The summed E-state index contributed by atoms with van der Waals surface area (Å²) in [6.45, 7) is 3.70. The van der Waals surface area contributed by atoms with Gasteiger partial charge in [0.05, 0.1) is 12.1 Å². The van der Waals surface area contributed by atoms with Gasteiger partial charge in [0.2, 0.25) is 0 Å². The van der Waals surface area contributed by atoms with Crippen molar-refractivity contribution in [2.45, 2.75) is 58.3 Å². The molecule has 0 atom stereocenters. The van der Waals surface area contributed by atoms with E-state index >= 15 is 0 Å². The summed E-state index contributed by atoms with van der Waals surface area (Å²) in [4.78, 5) is 11.8. The van der Waals surface area contributed by atoms with E-state index in [0.29, 0.717) is 6.61 Å². The highest BCUT2D eigenvalue weighted by atomic mass is 16.5. The Balaban J connectivity index is 1.17. The minimum Gasteiger partial charge on any atom is -0.494 e. The molecule has 1 N–H and O–H groups in total. The normalized spacial score (nSPS) is 15.7. The first-order chi connectivity index (χ1) is 17.1. The maximum Gasteiger partial charge on any atom is 0.139 e. The third-order valence-corrected chi connectivity index (χ3v) is 6.91. The zero-order valence-electron chi connectivity index (χ0n) is 21.6. The van der Waals surface area contributed by atoms with E-state index in [0.717, 1.165) is 60.0 Å². The van der Waals surface area contributed by atoms with Gasteiger partial charge in [-0.05, 0) is 93.8 Å². The lowest BCUT2D eigenvalue weighted by molar-refractivity contribution is 0.340. The van der Waals surface area contributed by atoms with Crippen LogP contribution in [-0.2, 0) is 12.8 Å². The molecule has 3 aromatic rings. The molecule has 1 fully saturated rings. The summed E-state index contributed by atoms with van der Waals surface area (Å²) < 4.78 is 5.52. The van der Waals surface area contributed by atoms with Gasteiger partial charge in [0.25, 0.3) is 0 Å². The van der Waals surface area contributed by atoms with Crippen molar-refractivity contribution in [3.63, 3.8) is 0 Å². The van der Waals surface area contributed by atoms with Gasteiger partial charge in [-0.25, -0.2) is 9.97 Å². The second-order valence-electron chi connectivity index (χ2n) is 9.79. The van der Waals surface area contributed by atoms with Gasteiger partial charge in [0.1, 0.15) is 17.4 Å². The molecule has 0 amide bonds. The largest absolute Gasteiger partial charge is 0.494 e. The van der Waals surface area contributed by atoms with Crippen LogP contribution in [0.15, 0.2) is 60.3 Å². The Hall–Kier alpha value is -3.08. The van der Waals surface area contributed by atoms with Gasteiger partial charge in [-0.1, -0.05) is 29.8 Å². The van der Waals surface area contributed by atoms with Crippen LogP contribution in [0.2, 0.25) is 0 Å². The molecule has 1 heterocycles. The number of benzene rings is 2. The van der Waals surface area contributed by atoms with E-state index < -0.39 is 0 Å². The number of nitrogens with one attached hydrogen (secondary N) is 1. The van der Waals surface area contributed by atoms with E-state index in [1.807, 2.05) is 6.92 Å². The van der Waals surface area contributed by atoms with Crippen molar-refractivity contribution in [3.8, 4) is 5.75 Å². The second kappa shape index (κ2) is 12.6. The molecule has 1 saturated carbocycles. The number of nitrogens with zero attached hydrogens (tertiary/aromatic N) is 3. The number of anilines is 1. The Morgan fingerprint density at radius 3 is 2.51 bits per heavy atom. The average Bonchev–Trinajstić information content (AvgIpc) is 2.88. The second-order valence-corrected chi connectivity index (χ2v) is 9.79. The van der Waals surface area contributed by atoms with Crippen LogP contribution >= 0.6 is 0 Å². The van der Waals surface area contributed by atoms with E-state index in [2.05, 4.69) is 79.0 Å². The Labute approximate surface area is 210 Å². The third-order valence-electron chi connectivity index (χ3n) is 6.91. The van der Waals surface area contributed by atoms with Crippen LogP contribution in [0.5, 0.6) is 5.75 Å². The number of para-hydroxylation sites is 1. The molecule has 1 aromatic heterocycles. The standard InChI is InChI=1S/C30H40N4O/c1-4-35-26-18-16-24(17-19-26)20-21-31-22-25-14-12-23(13-15-25)8-7-11-29-32-28-10-6-5-9-27(28)30(33-29)34(2)3/h5-6,9-10,16-19,22-23,31H,4,7-8,11-15,20-21H2,1-3H3. The van der Waals surface area contributed by atoms with Crippen LogP contribution in [0.4, 0.5) is 5.82 Å². The molecule has 5 heteroatoms. The third kappa shape index (κ3) is 7.20. The van der Waals surface area contributed by atoms with Crippen LogP contribution in [0.3, 0.4) is 0 Å². The smallest absolute Gasteiger partial charge is 0.139 e. The first-order valence-corrected chi connectivity index (χ1v) is 13.2. The minimum absolute atomic E-state index is 0.714. The van der Waals surface area contributed by atoms with Crippen LogP contribution in [0.1, 0.15) is 56.8 Å². The average molecular weight is 473 g/mol. The number of hydrogen-bond acceptors (Lipinski definition) is 5. The zero-order chi connectivity index (χ0) is 24.5. The molecular weight excluding hydrogens is 432 g/mol. The van der Waals surface area contributed by atoms with Gasteiger partial charge in [0.15, 0.2) is 0 Å². The first-order valence-electron chi connectivity index (χ1n) is 13.2. The van der Waals surface area contributed by atoms with Gasteiger partial charge in [-0.2, -0.15) is 0 Å². The number of hydrogen-bond donors (Lipinski definition) is 1. The summed E-state index contributed by atoms with van der Waals surface area (Å²) in [6, 6.07) is 16.8. The molecule has 186 valence electrons. The Kier molecular flexibility index (Phi) is 8.99. The van der Waals surface area contributed by atoms with Crippen LogP contribution in [0.25, 0.3) is 10.9 Å². The SMILES string of the molecule is CCOc1ccc(CCNC=C2CCC(CCCc3nc(N(C)C)c4ccccc4n3)CC2)cc1. The quantitative estimate of drug-likeness (QED) is 0.331. The number of ether oxygens (including phenoxy) is 1. The van der Waals surface area contributed by atoms with Crippen LogP contribution in [0, 0.1) is 5.92 Å². The highest BCUT2D eigenvalue weighted by Crippen LogP contribution is 2.31. The molecular formula is C30H40N4O. The van der Waals surface area contributed by atoms with Crippen LogP contribution < -0.4 is 15.0 Å². The molecule has 5 nitrogen and oxygen atoms in total. The Bertz CT molecular complexity index is 1100. The minimum atomic E-state index is 0.714. The molecule has 0 unspecified atom stereocenters. The number of rotatable bonds is 11. The number of fused-ring (bicyclic) bond motifs is 1. The van der Waals surface area contributed by atoms with E-state index in [1.165, 1.54) is 37.7 Å². The topological polar surface area (TPSA) is 50.3 Å². The Morgan fingerprint density at radius 2 is 1.77 bits per heavy atom. The molecule has 0 spiro atoms. The van der Waals surface area contributed by atoms with Gasteiger partial charge in [-0.3, -0.25) is 0 Å². The molecule has 0 radical (unpaired) electrons. The fourth-order valence-corrected chi connectivity index (χ4v) is 4.94. The number of allylic oxidation sites excluding steroid dienone is 1. The van der Waals surface area contributed by atoms with Crippen molar-refractivity contribution < 1.29 is 4.74 Å². The van der Waals surface area contributed by atoms with Gasteiger partial charge >= 0.3 is 0 Å². The highest BCUT2D eigenvalue weighted by Gasteiger charge is 2.17. The molecule has 1 aliphatic rings. The fraction of sp³-hybridized carbons (Fsp3) is 0.467. The summed E-state index contributed by atoms with van der Waals surface area (Å²) in [7, 11) is 4.11. The predicted molar refractivity (Wildman–Crippen MR) is 146 cm³/mol. The van der Waals surface area contributed by atoms with Crippen molar-refractivity contribution in [2.75, 3.05) is 32.1 Å². The van der Waals surface area contributed by atoms with Crippen molar-refractivity contribution >= 4 is 16.7 Å². The predicted octanol–water partition coefficient (Wildman–Crippen LogP) is 6.32. The van der Waals surface area contributed by atoms with E-state index in [4.69, 9.17) is 14.7 Å². The highest BCUT2D eigenvalue weighted by molar-refractivity contribution is 5.89. The molecule has 0 aliphatic heterocycles. The number of aromatic nitrogens is 2. The Morgan fingerprint density at radius 1 is 1.00 bits per heavy atom. The van der Waals surface area contributed by atoms with Crippen molar-refractivity contribution in [1.82, 2.24) is 15.3 Å². The lowest BCUT2D eigenvalue weighted by atomic mass is 9.83. The van der Waals surface area contributed by atoms with Gasteiger partial charge in [0, 0.05) is 32.4 Å². The maximum atomic E-state index is 5.52. The zero-order valence-corrected chi connectivity index (χ0v) is 21.6. The van der Waals surface area contributed by atoms with Crippen molar-refractivity contribution in [2.24, 2.45) is 5.92 Å². The lowest BCUT2D eigenvalue weighted by Gasteiger charge is -2.24. The molecule has 0 saturated heterocycles. The molecule has 1 aliphatic carbocycles. The van der Waals surface area contributed by atoms with Crippen molar-refractivity contribution in [1.29, 1.82) is 0 Å². The first kappa shape index (κ1) is 25.0. The monoisotopic (exact) mass is 472 g/mol. The molecule has 35 heavy (non-hydrogen) atoms. The fourth-order valence-electron chi connectivity index (χ4n) is 4.94. The summed E-state index contributed by atoms with van der Waals surface area (Å²) >= 11 is 0. The van der Waals surface area contributed by atoms with E-state index in [1.54, 1.807) is 5.57 Å². The molecule has 2 aromatic carbocycles. The van der Waals surface area contributed by atoms with Gasteiger partial charge < -0.3 is 15.0 Å². The molecule has 4 rings (SSSR count). The van der Waals surface area contributed by atoms with Gasteiger partial charge in [-0.15, -0.1) is 0 Å². The lowest BCUT2D eigenvalue weighted by Crippen LogP contribution is -2.15. The number of aryl methyl sites for hydroxylation is 1. The maximum absolute atomic E-state index is 5.52. The van der Waals surface area contributed by atoms with Crippen molar-refractivity contribution in [3.05, 3.63) is 71.7 Å². The summed E-state index contributed by atoms with van der Waals surface area (Å²) in [6.07, 6.45) is 11.7. The van der Waals surface area contributed by atoms with Crippen LogP contribution in [-0.4, -0.2) is 37.2 Å². The summed E-state index contributed by atoms with van der Waals surface area (Å²) in [5, 5.41) is 4.66. The summed E-state index contributed by atoms with van der Waals surface area (Å²) in [5.41, 5.74) is 3.96.